The molecule has 0 saturated carbocycles. The summed E-state index contributed by atoms with van der Waals surface area (Å²) >= 11 is 0. The first kappa shape index (κ1) is 11.0. The van der Waals surface area contributed by atoms with E-state index in [4.69, 9.17) is 0 Å². The third-order valence-electron chi connectivity index (χ3n) is 2.21. The molecule has 0 unspecified atom stereocenters. The van der Waals surface area contributed by atoms with E-state index in [2.05, 4.69) is 48.6 Å². The topological polar surface area (TPSA) is 0 Å². The number of hydrogen-bond donors (Lipinski definition) is 0. The predicted molar refractivity (Wildman–Crippen MR) is 64.3 cm³/mol. The van der Waals surface area contributed by atoms with Crippen LogP contribution >= 0.6 is 0 Å². The minimum absolute atomic E-state index is 1.08. The van der Waals surface area contributed by atoms with Crippen LogP contribution in [0.4, 0.5) is 0 Å². The SMILES string of the molecule is C1=CCC/C=C\CC/C=C\C/C=C\C1. The van der Waals surface area contributed by atoms with Crippen molar-refractivity contribution in [1.29, 1.82) is 0 Å². The molecular weight excluding hydrogens is 168 g/mol. The van der Waals surface area contributed by atoms with Crippen molar-refractivity contribution in [2.45, 2.75) is 38.5 Å². The lowest BCUT2D eigenvalue weighted by atomic mass is 10.2. The average molecular weight is 188 g/mol. The Morgan fingerprint density at radius 2 is 0.643 bits per heavy atom. The highest BCUT2D eigenvalue weighted by Crippen LogP contribution is 2.01. The van der Waals surface area contributed by atoms with Gasteiger partial charge in [0.25, 0.3) is 0 Å². The standard InChI is InChI=1S/C14H20/c1-2-4-6-8-10-12-14-13-11-9-7-5-3-1/h1-2,5-8,13-14H,3-4,9-12H2/b2-1-,7-5-,8-6?,14-13-. The Morgan fingerprint density at radius 3 is 1.07 bits per heavy atom. The summed E-state index contributed by atoms with van der Waals surface area (Å²) in [7, 11) is 0. The highest BCUT2D eigenvalue weighted by atomic mass is 13.9. The summed E-state index contributed by atoms with van der Waals surface area (Å²) in [5.74, 6) is 0. The highest BCUT2D eigenvalue weighted by Gasteiger charge is 1.80. The van der Waals surface area contributed by atoms with Gasteiger partial charge in [-0.25, -0.2) is 0 Å². The van der Waals surface area contributed by atoms with E-state index in [0.29, 0.717) is 0 Å². The number of allylic oxidation sites excluding steroid dienone is 8. The fraction of sp³-hybridized carbons (Fsp3) is 0.429. The molecule has 0 heterocycles. The Morgan fingerprint density at radius 1 is 0.357 bits per heavy atom. The lowest BCUT2D eigenvalue weighted by Gasteiger charge is -1.90. The van der Waals surface area contributed by atoms with Gasteiger partial charge in [0.1, 0.15) is 0 Å². The minimum Gasteiger partial charge on any atom is -0.0882 e. The zero-order valence-corrected chi connectivity index (χ0v) is 8.86. The molecule has 0 amide bonds. The second kappa shape index (κ2) is 8.55. The fourth-order valence-corrected chi connectivity index (χ4v) is 1.40. The van der Waals surface area contributed by atoms with Gasteiger partial charge in [-0.05, 0) is 38.5 Å². The lowest BCUT2D eigenvalue weighted by molar-refractivity contribution is 0.997. The molecule has 14 heavy (non-hydrogen) atoms. The van der Waals surface area contributed by atoms with Gasteiger partial charge in [-0.3, -0.25) is 0 Å². The number of rotatable bonds is 0. The normalized spacial score (nSPS) is 26.3. The molecule has 0 radical (unpaired) electrons. The quantitative estimate of drug-likeness (QED) is 0.489. The van der Waals surface area contributed by atoms with E-state index >= 15 is 0 Å². The summed E-state index contributed by atoms with van der Waals surface area (Å²) < 4.78 is 0. The van der Waals surface area contributed by atoms with Crippen LogP contribution < -0.4 is 0 Å². The Bertz CT molecular complexity index is 204. The molecule has 1 rings (SSSR count). The van der Waals surface area contributed by atoms with Gasteiger partial charge < -0.3 is 0 Å². The average Bonchev–Trinajstić information content (AvgIpc) is 2.22. The lowest BCUT2D eigenvalue weighted by Crippen LogP contribution is -1.70. The van der Waals surface area contributed by atoms with Gasteiger partial charge in [-0.1, -0.05) is 48.6 Å². The summed E-state index contributed by atoms with van der Waals surface area (Å²) in [4.78, 5) is 0. The van der Waals surface area contributed by atoms with E-state index in [-0.39, 0.29) is 0 Å². The first-order valence-electron chi connectivity index (χ1n) is 5.60. The zero-order chi connectivity index (χ0) is 9.90. The molecule has 0 bridgehead atoms. The Balaban J connectivity index is 2.34. The van der Waals surface area contributed by atoms with Gasteiger partial charge in [-0.2, -0.15) is 0 Å². The maximum absolute atomic E-state index is 2.29. The largest absolute Gasteiger partial charge is 0.0882 e. The Hall–Kier alpha value is -1.04. The molecule has 0 spiro atoms. The highest BCUT2D eigenvalue weighted by molar-refractivity contribution is 4.99. The van der Waals surface area contributed by atoms with Crippen molar-refractivity contribution in [1.82, 2.24) is 0 Å². The van der Waals surface area contributed by atoms with Gasteiger partial charge in [-0.15, -0.1) is 0 Å². The van der Waals surface area contributed by atoms with Crippen molar-refractivity contribution in [2.75, 3.05) is 0 Å². The fourth-order valence-electron chi connectivity index (χ4n) is 1.40. The van der Waals surface area contributed by atoms with Crippen LogP contribution in [0.3, 0.4) is 0 Å². The van der Waals surface area contributed by atoms with Crippen molar-refractivity contribution in [3.63, 3.8) is 0 Å². The summed E-state index contributed by atoms with van der Waals surface area (Å²) in [6.07, 6.45) is 25.0. The van der Waals surface area contributed by atoms with Crippen LogP contribution in [0, 0.1) is 0 Å². The van der Waals surface area contributed by atoms with E-state index in [9.17, 15) is 0 Å². The van der Waals surface area contributed by atoms with Crippen molar-refractivity contribution < 1.29 is 0 Å². The van der Waals surface area contributed by atoms with E-state index in [1.165, 1.54) is 25.7 Å². The molecule has 0 N–H and O–H groups in total. The smallest absolute Gasteiger partial charge is 0.0169 e. The molecule has 0 heteroatoms. The first-order valence-corrected chi connectivity index (χ1v) is 5.60. The summed E-state index contributed by atoms with van der Waals surface area (Å²) in [6, 6.07) is 0. The minimum atomic E-state index is 1.08. The summed E-state index contributed by atoms with van der Waals surface area (Å²) in [5.41, 5.74) is 0. The molecular formula is C14H20. The monoisotopic (exact) mass is 188 g/mol. The molecule has 76 valence electrons. The van der Waals surface area contributed by atoms with Crippen LogP contribution in [0.15, 0.2) is 48.6 Å². The van der Waals surface area contributed by atoms with Crippen LogP contribution in [0.25, 0.3) is 0 Å². The van der Waals surface area contributed by atoms with Crippen LogP contribution in [-0.4, -0.2) is 0 Å². The van der Waals surface area contributed by atoms with Crippen LogP contribution in [0.5, 0.6) is 0 Å². The van der Waals surface area contributed by atoms with Crippen molar-refractivity contribution in [2.24, 2.45) is 0 Å². The first-order chi connectivity index (χ1) is 7.00. The molecule has 1 aliphatic rings. The summed E-state index contributed by atoms with van der Waals surface area (Å²) in [6.45, 7) is 0. The molecule has 1 aliphatic carbocycles. The second-order valence-electron chi connectivity index (χ2n) is 3.51. The van der Waals surface area contributed by atoms with Crippen LogP contribution in [-0.2, 0) is 0 Å². The molecule has 0 saturated heterocycles. The molecule has 0 aromatic carbocycles. The molecule has 0 fully saturated rings. The molecule has 0 aliphatic heterocycles. The van der Waals surface area contributed by atoms with Gasteiger partial charge in [0.2, 0.25) is 0 Å². The maximum atomic E-state index is 2.29. The molecule has 0 atom stereocenters. The second-order valence-corrected chi connectivity index (χ2v) is 3.51. The predicted octanol–water partition coefficient (Wildman–Crippen LogP) is 4.57. The van der Waals surface area contributed by atoms with E-state index in [0.717, 1.165) is 12.8 Å². The maximum Gasteiger partial charge on any atom is -0.0169 e. The Labute approximate surface area is 87.7 Å². The van der Waals surface area contributed by atoms with Gasteiger partial charge in [0, 0.05) is 0 Å². The van der Waals surface area contributed by atoms with Gasteiger partial charge >= 0.3 is 0 Å². The molecule has 0 aromatic heterocycles. The van der Waals surface area contributed by atoms with Crippen molar-refractivity contribution in [3.8, 4) is 0 Å². The van der Waals surface area contributed by atoms with Crippen molar-refractivity contribution in [3.05, 3.63) is 48.6 Å². The molecule has 0 nitrogen and oxygen atoms in total. The van der Waals surface area contributed by atoms with E-state index in [1.807, 2.05) is 0 Å². The third-order valence-corrected chi connectivity index (χ3v) is 2.21. The third kappa shape index (κ3) is 6.47. The number of hydrogen-bond acceptors (Lipinski definition) is 0. The zero-order valence-electron chi connectivity index (χ0n) is 8.86. The van der Waals surface area contributed by atoms with Crippen LogP contribution in [0.1, 0.15) is 38.5 Å². The van der Waals surface area contributed by atoms with E-state index < -0.39 is 0 Å². The van der Waals surface area contributed by atoms with Gasteiger partial charge in [0.05, 0.1) is 0 Å². The van der Waals surface area contributed by atoms with Crippen LogP contribution in [0.2, 0.25) is 0 Å². The Kier molecular flexibility index (Phi) is 6.74. The molecule has 0 aromatic rings. The van der Waals surface area contributed by atoms with E-state index in [1.54, 1.807) is 0 Å². The van der Waals surface area contributed by atoms with Crippen molar-refractivity contribution >= 4 is 0 Å². The summed E-state index contributed by atoms with van der Waals surface area (Å²) in [5, 5.41) is 0. The van der Waals surface area contributed by atoms with Gasteiger partial charge in [0.15, 0.2) is 0 Å².